The zero-order valence-corrected chi connectivity index (χ0v) is 15.7. The monoisotopic (exact) mass is 364 g/mol. The molecule has 0 saturated carbocycles. The van der Waals surface area contributed by atoms with E-state index in [9.17, 15) is 14.4 Å². The van der Waals surface area contributed by atoms with E-state index in [0.717, 1.165) is 0 Å². The lowest BCUT2D eigenvalue weighted by Crippen LogP contribution is -2.23. The summed E-state index contributed by atoms with van der Waals surface area (Å²) in [5.41, 5.74) is 0.947. The zero-order valence-electron chi connectivity index (χ0n) is 14.9. The summed E-state index contributed by atoms with van der Waals surface area (Å²) in [4.78, 5) is 36.4. The van der Waals surface area contributed by atoms with Crippen LogP contribution in [0.1, 0.15) is 56.8 Å². The van der Waals surface area contributed by atoms with Gasteiger partial charge in [0.05, 0.1) is 21.8 Å². The molecule has 0 aliphatic heterocycles. The summed E-state index contributed by atoms with van der Waals surface area (Å²) in [5, 5.41) is 5.85. The van der Waals surface area contributed by atoms with Crippen LogP contribution < -0.4 is 10.6 Å². The van der Waals surface area contributed by atoms with Crippen molar-refractivity contribution in [3.63, 3.8) is 0 Å². The van der Waals surface area contributed by atoms with Gasteiger partial charge in [0, 0.05) is 25.6 Å². The van der Waals surface area contributed by atoms with Gasteiger partial charge in [-0.1, -0.05) is 31.5 Å². The molecule has 2 N–H and O–H groups in total. The van der Waals surface area contributed by atoms with Crippen LogP contribution in [0.4, 0.5) is 5.69 Å². The van der Waals surface area contributed by atoms with Gasteiger partial charge in [-0.3, -0.25) is 14.4 Å². The van der Waals surface area contributed by atoms with E-state index in [1.54, 1.807) is 18.2 Å². The SMILES string of the molecule is CCCC(=O)C(=CNc1cccc(C(=O)NCC)c1Cl)C(=O)CCC. The lowest BCUT2D eigenvalue weighted by atomic mass is 10.0. The Morgan fingerprint density at radius 1 is 1.04 bits per heavy atom. The van der Waals surface area contributed by atoms with Crippen LogP contribution in [0, 0.1) is 0 Å². The smallest absolute Gasteiger partial charge is 0.252 e. The van der Waals surface area contributed by atoms with Crippen molar-refractivity contribution in [3.05, 3.63) is 40.6 Å². The Labute approximate surface area is 153 Å². The maximum absolute atomic E-state index is 12.2. The average Bonchev–Trinajstić information content (AvgIpc) is 2.57. The first kappa shape index (κ1) is 20.9. The zero-order chi connectivity index (χ0) is 18.8. The molecular formula is C19H25ClN2O3. The van der Waals surface area contributed by atoms with E-state index in [1.807, 2.05) is 20.8 Å². The molecule has 0 aromatic heterocycles. The number of Topliss-reactive ketones (excluding diaryl/α,β-unsaturated/α-hetero) is 2. The molecule has 6 heteroatoms. The van der Waals surface area contributed by atoms with Crippen molar-refractivity contribution in [2.75, 3.05) is 11.9 Å². The third-order valence-corrected chi connectivity index (χ3v) is 3.91. The molecule has 1 rings (SSSR count). The van der Waals surface area contributed by atoms with Crippen molar-refractivity contribution in [1.82, 2.24) is 5.32 Å². The maximum atomic E-state index is 12.2. The van der Waals surface area contributed by atoms with Crippen molar-refractivity contribution in [3.8, 4) is 0 Å². The van der Waals surface area contributed by atoms with Crippen LogP contribution >= 0.6 is 11.6 Å². The Hall–Kier alpha value is -2.14. The molecule has 0 heterocycles. The summed E-state index contributed by atoms with van der Waals surface area (Å²) < 4.78 is 0. The number of nitrogens with one attached hydrogen (secondary N) is 2. The minimum Gasteiger partial charge on any atom is -0.360 e. The predicted octanol–water partition coefficient (Wildman–Crippen LogP) is 4.12. The minimum absolute atomic E-state index is 0.142. The summed E-state index contributed by atoms with van der Waals surface area (Å²) in [5.74, 6) is -0.654. The highest BCUT2D eigenvalue weighted by Crippen LogP contribution is 2.26. The standard InChI is InChI=1S/C19H25ClN2O3/c1-4-8-16(23)14(17(24)9-5-2)12-22-15-11-7-10-13(18(15)20)19(25)21-6-3/h7,10-12,22H,4-6,8-9H2,1-3H3,(H,21,25). The molecule has 5 nitrogen and oxygen atoms in total. The third kappa shape index (κ3) is 6.02. The number of hydrogen-bond acceptors (Lipinski definition) is 4. The summed E-state index contributed by atoms with van der Waals surface area (Å²) in [6, 6.07) is 5.00. The molecule has 0 fully saturated rings. The van der Waals surface area contributed by atoms with Gasteiger partial charge in [0.15, 0.2) is 11.6 Å². The Kier molecular flexibility index (Phi) is 8.92. The van der Waals surface area contributed by atoms with Gasteiger partial charge in [0.1, 0.15) is 0 Å². The van der Waals surface area contributed by atoms with Gasteiger partial charge in [-0.2, -0.15) is 0 Å². The molecule has 1 aromatic carbocycles. The van der Waals surface area contributed by atoms with Gasteiger partial charge in [0.2, 0.25) is 0 Å². The van der Waals surface area contributed by atoms with Crippen LogP contribution in [0.3, 0.4) is 0 Å². The van der Waals surface area contributed by atoms with Gasteiger partial charge in [-0.25, -0.2) is 0 Å². The van der Waals surface area contributed by atoms with Crippen LogP contribution in [0.25, 0.3) is 0 Å². The molecule has 1 amide bonds. The van der Waals surface area contributed by atoms with E-state index < -0.39 is 0 Å². The highest BCUT2D eigenvalue weighted by Gasteiger charge is 2.17. The summed E-state index contributed by atoms with van der Waals surface area (Å²) in [6.45, 7) is 6.09. The second-order valence-corrected chi connectivity index (χ2v) is 5.95. The minimum atomic E-state index is -0.274. The van der Waals surface area contributed by atoms with E-state index in [4.69, 9.17) is 11.6 Å². The maximum Gasteiger partial charge on any atom is 0.252 e. The number of rotatable bonds is 10. The molecule has 0 aliphatic carbocycles. The Bertz CT molecular complexity index is 649. The van der Waals surface area contributed by atoms with Crippen molar-refractivity contribution < 1.29 is 14.4 Å². The topological polar surface area (TPSA) is 75.3 Å². The number of allylic oxidation sites excluding steroid dienone is 1. The number of hydrogen-bond donors (Lipinski definition) is 2. The quantitative estimate of drug-likeness (QED) is 0.372. The van der Waals surface area contributed by atoms with Crippen molar-refractivity contribution in [2.45, 2.75) is 46.5 Å². The first-order valence-corrected chi connectivity index (χ1v) is 8.93. The van der Waals surface area contributed by atoms with E-state index in [-0.39, 0.29) is 28.1 Å². The van der Waals surface area contributed by atoms with Crippen molar-refractivity contribution >= 4 is 34.8 Å². The van der Waals surface area contributed by atoms with Gasteiger partial charge in [-0.05, 0) is 31.9 Å². The van der Waals surface area contributed by atoms with E-state index in [0.29, 0.717) is 43.5 Å². The number of anilines is 1. The molecule has 1 aromatic rings. The number of ketones is 2. The fourth-order valence-corrected chi connectivity index (χ4v) is 2.53. The molecule has 0 bridgehead atoms. The molecule has 25 heavy (non-hydrogen) atoms. The number of carbonyl (C=O) groups excluding carboxylic acids is 3. The molecule has 0 spiro atoms. The van der Waals surface area contributed by atoms with Crippen LogP contribution in [0.2, 0.25) is 5.02 Å². The van der Waals surface area contributed by atoms with Gasteiger partial charge in [0.25, 0.3) is 5.91 Å². The van der Waals surface area contributed by atoms with E-state index in [2.05, 4.69) is 10.6 Å². The van der Waals surface area contributed by atoms with Crippen LogP contribution in [-0.4, -0.2) is 24.0 Å². The lowest BCUT2D eigenvalue weighted by molar-refractivity contribution is -0.121. The van der Waals surface area contributed by atoms with E-state index in [1.165, 1.54) is 6.20 Å². The Morgan fingerprint density at radius 2 is 1.64 bits per heavy atom. The van der Waals surface area contributed by atoms with Gasteiger partial charge < -0.3 is 10.6 Å². The predicted molar refractivity (Wildman–Crippen MR) is 101 cm³/mol. The second-order valence-electron chi connectivity index (χ2n) is 5.58. The van der Waals surface area contributed by atoms with Crippen LogP contribution in [-0.2, 0) is 9.59 Å². The molecule has 0 saturated heterocycles. The van der Waals surface area contributed by atoms with Crippen molar-refractivity contribution in [2.24, 2.45) is 0 Å². The number of halogens is 1. The highest BCUT2D eigenvalue weighted by molar-refractivity contribution is 6.36. The van der Waals surface area contributed by atoms with Gasteiger partial charge in [-0.15, -0.1) is 0 Å². The van der Waals surface area contributed by atoms with E-state index >= 15 is 0 Å². The fraction of sp³-hybridized carbons (Fsp3) is 0.421. The number of amides is 1. The molecule has 0 atom stereocenters. The van der Waals surface area contributed by atoms with Gasteiger partial charge >= 0.3 is 0 Å². The molecule has 0 unspecified atom stereocenters. The highest BCUT2D eigenvalue weighted by atomic mass is 35.5. The van der Waals surface area contributed by atoms with Crippen molar-refractivity contribution in [1.29, 1.82) is 0 Å². The summed E-state index contributed by atoms with van der Waals surface area (Å²) >= 11 is 6.28. The lowest BCUT2D eigenvalue weighted by Gasteiger charge is -2.11. The molecular weight excluding hydrogens is 340 g/mol. The first-order chi connectivity index (χ1) is 12.0. The average molecular weight is 365 g/mol. The second kappa shape index (κ2) is 10.7. The summed E-state index contributed by atoms with van der Waals surface area (Å²) in [6.07, 6.45) is 3.37. The Balaban J connectivity index is 3.10. The van der Waals surface area contributed by atoms with Crippen LogP contribution in [0.5, 0.6) is 0 Å². The molecule has 0 radical (unpaired) electrons. The Morgan fingerprint density at radius 3 is 2.16 bits per heavy atom. The third-order valence-electron chi connectivity index (χ3n) is 3.51. The number of benzene rings is 1. The largest absolute Gasteiger partial charge is 0.360 e. The fourth-order valence-electron chi connectivity index (χ4n) is 2.26. The van der Waals surface area contributed by atoms with Crippen LogP contribution in [0.15, 0.2) is 30.0 Å². The normalized spacial score (nSPS) is 10.1. The molecule has 136 valence electrons. The molecule has 0 aliphatic rings. The first-order valence-electron chi connectivity index (χ1n) is 8.55. The summed E-state index contributed by atoms with van der Waals surface area (Å²) in [7, 11) is 0. The number of carbonyl (C=O) groups is 3.